The summed E-state index contributed by atoms with van der Waals surface area (Å²) in [6.45, 7) is 1.03. The molecule has 4 rings (SSSR count). The molecule has 0 saturated heterocycles. The van der Waals surface area contributed by atoms with Crippen molar-refractivity contribution < 1.29 is 4.79 Å². The smallest absolute Gasteiger partial charge is 0.346 e. The first kappa shape index (κ1) is 15.9. The lowest BCUT2D eigenvalue weighted by molar-refractivity contribution is -0.121. The molecule has 1 fully saturated rings. The van der Waals surface area contributed by atoms with Crippen LogP contribution in [0.15, 0.2) is 46.8 Å². The molecule has 0 radical (unpaired) electrons. The number of carbonyl (C=O) groups excluding carboxylic acids is 1. The van der Waals surface area contributed by atoms with Crippen molar-refractivity contribution >= 4 is 17.2 Å². The van der Waals surface area contributed by atoms with Crippen LogP contribution in [0, 0.1) is 0 Å². The molecule has 1 aliphatic rings. The Morgan fingerprint density at radius 3 is 2.76 bits per heavy atom. The first-order chi connectivity index (χ1) is 12.2. The van der Waals surface area contributed by atoms with Gasteiger partial charge in [-0.3, -0.25) is 9.36 Å². The molecule has 130 valence electrons. The summed E-state index contributed by atoms with van der Waals surface area (Å²) in [5.74, 6) is 0.658. The fourth-order valence-electron chi connectivity index (χ4n) is 2.80. The molecule has 1 aliphatic carbocycles. The lowest BCUT2D eigenvalue weighted by atomic mass is 10.4. The summed E-state index contributed by atoms with van der Waals surface area (Å²) >= 11 is 1.58. The van der Waals surface area contributed by atoms with E-state index in [1.165, 1.54) is 4.68 Å². The monoisotopic (exact) mass is 357 g/mol. The molecule has 3 heterocycles. The summed E-state index contributed by atoms with van der Waals surface area (Å²) < 4.78 is 5.06. The molecule has 0 bridgehead atoms. The first-order valence-corrected chi connectivity index (χ1v) is 9.21. The topological polar surface area (TPSA) is 73.8 Å². The van der Waals surface area contributed by atoms with E-state index in [4.69, 9.17) is 0 Å². The zero-order valence-corrected chi connectivity index (χ0v) is 14.5. The van der Waals surface area contributed by atoms with Gasteiger partial charge in [0.2, 0.25) is 5.91 Å². The summed E-state index contributed by atoms with van der Waals surface area (Å²) in [7, 11) is 0. The molecule has 0 spiro atoms. The summed E-state index contributed by atoms with van der Waals surface area (Å²) in [5.41, 5.74) is -0.0921. The van der Waals surface area contributed by atoms with Gasteiger partial charge in [0.1, 0.15) is 6.54 Å². The second-order valence-electron chi connectivity index (χ2n) is 6.11. The molecule has 0 aliphatic heterocycles. The fourth-order valence-corrected chi connectivity index (χ4v) is 3.51. The second-order valence-corrected chi connectivity index (χ2v) is 7.06. The highest BCUT2D eigenvalue weighted by Gasteiger charge is 2.30. The summed E-state index contributed by atoms with van der Waals surface area (Å²) in [6, 6.07) is 7.96. The van der Waals surface area contributed by atoms with Gasteiger partial charge in [0, 0.05) is 25.0 Å². The maximum Gasteiger partial charge on any atom is 0.346 e. The molecule has 8 heteroatoms. The Balaban J connectivity index is 1.43. The van der Waals surface area contributed by atoms with Crippen LogP contribution >= 0.6 is 11.3 Å². The van der Waals surface area contributed by atoms with Crippen molar-refractivity contribution in [3.8, 4) is 10.7 Å². The fraction of sp³-hybridized carbons (Fsp3) is 0.353. The minimum atomic E-state index is -0.0921. The van der Waals surface area contributed by atoms with Gasteiger partial charge >= 0.3 is 5.69 Å². The van der Waals surface area contributed by atoms with Gasteiger partial charge in [-0.2, -0.15) is 0 Å². The van der Waals surface area contributed by atoms with E-state index in [0.717, 1.165) is 23.5 Å². The predicted octanol–water partition coefficient (Wildman–Crippen LogP) is 1.73. The summed E-state index contributed by atoms with van der Waals surface area (Å²) in [4.78, 5) is 25.6. The van der Waals surface area contributed by atoms with E-state index in [1.807, 2.05) is 42.0 Å². The standard InChI is InChI=1S/C17H19N5O2S/c23-15(12-20-8-1-2-9-20)18-7-10-21-17(24)22(13-5-6-13)16(19-21)14-4-3-11-25-14/h1-4,8-9,11,13H,5-7,10,12H2,(H,18,23). The zero-order valence-electron chi connectivity index (χ0n) is 13.7. The second kappa shape index (κ2) is 6.72. The molecule has 7 nitrogen and oxygen atoms in total. The molecule has 1 N–H and O–H groups in total. The Kier molecular flexibility index (Phi) is 4.27. The van der Waals surface area contributed by atoms with Crippen LogP contribution in [0.2, 0.25) is 0 Å². The van der Waals surface area contributed by atoms with E-state index in [2.05, 4.69) is 10.4 Å². The number of hydrogen-bond acceptors (Lipinski definition) is 4. The number of hydrogen-bond donors (Lipinski definition) is 1. The van der Waals surface area contributed by atoms with Gasteiger partial charge in [-0.05, 0) is 36.4 Å². The molecule has 3 aromatic rings. The molecule has 0 unspecified atom stereocenters. The molecule has 1 amide bonds. The Morgan fingerprint density at radius 2 is 2.08 bits per heavy atom. The van der Waals surface area contributed by atoms with Crippen LogP contribution in [0.5, 0.6) is 0 Å². The zero-order chi connectivity index (χ0) is 17.2. The maximum atomic E-state index is 12.6. The molecular weight excluding hydrogens is 338 g/mol. The van der Waals surface area contributed by atoms with Crippen molar-refractivity contribution in [3.63, 3.8) is 0 Å². The van der Waals surface area contributed by atoms with Gasteiger partial charge in [-0.1, -0.05) is 6.07 Å². The Labute approximate surface area is 148 Å². The Bertz CT molecular complexity index is 904. The molecule has 25 heavy (non-hydrogen) atoms. The van der Waals surface area contributed by atoms with Gasteiger partial charge < -0.3 is 9.88 Å². The number of aromatic nitrogens is 4. The SMILES string of the molecule is O=C(Cn1cccc1)NCCn1nc(-c2cccs2)n(C2CC2)c1=O. The molecule has 1 saturated carbocycles. The number of nitrogens with one attached hydrogen (secondary N) is 1. The van der Waals surface area contributed by atoms with Crippen LogP contribution in [0.25, 0.3) is 10.7 Å². The van der Waals surface area contributed by atoms with Crippen LogP contribution in [-0.4, -0.2) is 31.4 Å². The average Bonchev–Trinajstić information content (AvgIpc) is 3.02. The van der Waals surface area contributed by atoms with Gasteiger partial charge in [-0.15, -0.1) is 16.4 Å². The highest BCUT2D eigenvalue weighted by Crippen LogP contribution is 2.37. The number of rotatable bonds is 7. The minimum Gasteiger partial charge on any atom is -0.353 e. The lowest BCUT2D eigenvalue weighted by Gasteiger charge is -2.05. The van der Waals surface area contributed by atoms with Crippen molar-refractivity contribution in [2.75, 3.05) is 6.54 Å². The third kappa shape index (κ3) is 3.43. The van der Waals surface area contributed by atoms with E-state index in [-0.39, 0.29) is 24.2 Å². The van der Waals surface area contributed by atoms with Crippen molar-refractivity contribution in [2.24, 2.45) is 0 Å². The van der Waals surface area contributed by atoms with E-state index in [0.29, 0.717) is 13.1 Å². The van der Waals surface area contributed by atoms with Crippen molar-refractivity contribution in [1.82, 2.24) is 24.2 Å². The van der Waals surface area contributed by atoms with E-state index in [9.17, 15) is 9.59 Å². The number of carbonyl (C=O) groups is 1. The number of thiophene rings is 1. The molecule has 3 aromatic heterocycles. The normalized spacial score (nSPS) is 13.9. The maximum absolute atomic E-state index is 12.6. The van der Waals surface area contributed by atoms with Crippen molar-refractivity contribution in [3.05, 3.63) is 52.5 Å². The van der Waals surface area contributed by atoms with Crippen LogP contribution in [0.3, 0.4) is 0 Å². The van der Waals surface area contributed by atoms with Crippen LogP contribution in [0.1, 0.15) is 18.9 Å². The molecular formula is C17H19N5O2S. The average molecular weight is 357 g/mol. The van der Waals surface area contributed by atoms with Gasteiger partial charge in [0.25, 0.3) is 0 Å². The lowest BCUT2D eigenvalue weighted by Crippen LogP contribution is -2.33. The van der Waals surface area contributed by atoms with Crippen molar-refractivity contribution in [2.45, 2.75) is 32.0 Å². The van der Waals surface area contributed by atoms with Gasteiger partial charge in [-0.25, -0.2) is 9.48 Å². The third-order valence-corrected chi connectivity index (χ3v) is 5.03. The largest absolute Gasteiger partial charge is 0.353 e. The number of amides is 1. The molecule has 0 atom stereocenters. The third-order valence-electron chi connectivity index (χ3n) is 4.16. The number of nitrogens with zero attached hydrogens (tertiary/aromatic N) is 4. The van der Waals surface area contributed by atoms with Crippen LogP contribution in [-0.2, 0) is 17.9 Å². The van der Waals surface area contributed by atoms with E-state index >= 15 is 0 Å². The predicted molar refractivity (Wildman–Crippen MR) is 95.5 cm³/mol. The van der Waals surface area contributed by atoms with E-state index < -0.39 is 0 Å². The highest BCUT2D eigenvalue weighted by molar-refractivity contribution is 7.13. The molecule has 0 aromatic carbocycles. The first-order valence-electron chi connectivity index (χ1n) is 8.33. The van der Waals surface area contributed by atoms with Crippen LogP contribution < -0.4 is 11.0 Å². The Hall–Kier alpha value is -2.61. The Morgan fingerprint density at radius 1 is 1.28 bits per heavy atom. The van der Waals surface area contributed by atoms with E-state index in [1.54, 1.807) is 20.5 Å². The van der Waals surface area contributed by atoms with Gasteiger partial charge in [0.05, 0.1) is 11.4 Å². The minimum absolute atomic E-state index is 0.0793. The van der Waals surface area contributed by atoms with Crippen LogP contribution in [0.4, 0.5) is 0 Å². The quantitative estimate of drug-likeness (QED) is 0.700. The van der Waals surface area contributed by atoms with Crippen molar-refractivity contribution in [1.29, 1.82) is 0 Å². The van der Waals surface area contributed by atoms with Gasteiger partial charge in [0.15, 0.2) is 5.82 Å². The summed E-state index contributed by atoms with van der Waals surface area (Å²) in [6.07, 6.45) is 5.73. The summed E-state index contributed by atoms with van der Waals surface area (Å²) in [5, 5.41) is 9.33. The highest BCUT2D eigenvalue weighted by atomic mass is 32.1.